The van der Waals surface area contributed by atoms with Gasteiger partial charge in [-0.3, -0.25) is 14.5 Å². The lowest BCUT2D eigenvalue weighted by Crippen LogP contribution is -2.71. The summed E-state index contributed by atoms with van der Waals surface area (Å²) in [4.78, 5) is 75.6. The second-order valence-electron chi connectivity index (χ2n) is 8.20. The van der Waals surface area contributed by atoms with Gasteiger partial charge in [0.15, 0.2) is 0 Å². The zero-order chi connectivity index (χ0) is 27.7. The van der Waals surface area contributed by atoms with Crippen molar-refractivity contribution >= 4 is 70.9 Å². The standard InChI is InChI=1S/C21H20Cl2N6O8S/c22-10-2-1-8(5-11(10)23)12(27-21(36)28-4-3-25-20(28)35)15(30)26-13-16(31)29-14(18(32)33)9(6-37-19(24)34)7-38-17(13)29/h1-2,5,12-13,17H,3-4,6-7H2,(H2,24,34)(H,25,35)(H,26,30)(H,27,36)(H,32,33)/t12-,13?,17-/m1/s1. The van der Waals surface area contributed by atoms with E-state index in [9.17, 15) is 33.9 Å². The molecule has 1 unspecified atom stereocenters. The molecule has 0 radical (unpaired) electrons. The number of carbonyl (C=O) groups excluding carboxylic acids is 5. The number of nitrogens with two attached hydrogens (primary N) is 1. The molecule has 14 nitrogen and oxygen atoms in total. The molecule has 1 aromatic rings. The number of primary amides is 1. The Hall–Kier alpha value is -3.69. The number of halogens is 2. The number of carbonyl (C=O) groups is 6. The van der Waals surface area contributed by atoms with Gasteiger partial charge in [-0.25, -0.2) is 24.1 Å². The first-order valence-electron chi connectivity index (χ1n) is 10.9. The lowest BCUT2D eigenvalue weighted by molar-refractivity contribution is -0.151. The SMILES string of the molecule is NC(=O)OCC1=C(C(=O)O)N2C(=O)C(NC(=O)[C@H](NC(=O)N3CCNC3=O)c3ccc(Cl)c(Cl)c3)[C@H]2SC1. The molecule has 0 saturated carbocycles. The maximum absolute atomic E-state index is 13.4. The quantitative estimate of drug-likeness (QED) is 0.283. The van der Waals surface area contributed by atoms with E-state index in [0.29, 0.717) is 0 Å². The molecular weight excluding hydrogens is 567 g/mol. The molecule has 1 aromatic carbocycles. The fraction of sp³-hybridized carbons (Fsp3) is 0.333. The fourth-order valence-corrected chi connectivity index (χ4v) is 5.68. The molecule has 7 amide bonds. The molecule has 4 rings (SSSR count). The predicted octanol–water partition coefficient (Wildman–Crippen LogP) is 0.603. The number of aliphatic carboxylic acids is 1. The highest BCUT2D eigenvalue weighted by Gasteiger charge is 2.54. The molecule has 0 aromatic heterocycles. The van der Waals surface area contributed by atoms with Crippen LogP contribution >= 0.6 is 35.0 Å². The van der Waals surface area contributed by atoms with E-state index in [-0.39, 0.29) is 45.7 Å². The van der Waals surface area contributed by atoms with Gasteiger partial charge >= 0.3 is 24.1 Å². The van der Waals surface area contributed by atoms with Crippen LogP contribution in [0, 0.1) is 0 Å². The molecule has 38 heavy (non-hydrogen) atoms. The zero-order valence-corrected chi connectivity index (χ0v) is 21.6. The van der Waals surface area contributed by atoms with Crippen LogP contribution in [0.3, 0.4) is 0 Å². The van der Waals surface area contributed by atoms with Crippen LogP contribution in [-0.4, -0.2) is 87.7 Å². The Morgan fingerprint density at radius 3 is 2.58 bits per heavy atom. The summed E-state index contributed by atoms with van der Waals surface area (Å²) in [6.07, 6.45) is -1.10. The number of carboxylic acids is 1. The van der Waals surface area contributed by atoms with Gasteiger partial charge in [0.25, 0.3) is 5.91 Å². The number of nitrogens with zero attached hydrogens (tertiary/aromatic N) is 2. The summed E-state index contributed by atoms with van der Waals surface area (Å²) in [6, 6.07) is 0.231. The van der Waals surface area contributed by atoms with Crippen molar-refractivity contribution in [2.75, 3.05) is 25.4 Å². The third-order valence-corrected chi connectivity index (χ3v) is 7.92. The van der Waals surface area contributed by atoms with Crippen LogP contribution in [-0.2, 0) is 19.1 Å². The third kappa shape index (κ3) is 5.30. The van der Waals surface area contributed by atoms with Gasteiger partial charge in [0, 0.05) is 24.4 Å². The highest BCUT2D eigenvalue weighted by Crippen LogP contribution is 2.40. The van der Waals surface area contributed by atoms with Crippen LogP contribution in [0.4, 0.5) is 14.4 Å². The smallest absolute Gasteiger partial charge is 0.404 e. The van der Waals surface area contributed by atoms with Crippen molar-refractivity contribution < 1.29 is 38.6 Å². The van der Waals surface area contributed by atoms with Crippen molar-refractivity contribution in [2.24, 2.45) is 5.73 Å². The normalized spacial score (nSPS) is 21.2. The zero-order valence-electron chi connectivity index (χ0n) is 19.2. The van der Waals surface area contributed by atoms with Gasteiger partial charge in [-0.05, 0) is 17.7 Å². The Morgan fingerprint density at radius 2 is 1.97 bits per heavy atom. The molecule has 0 aliphatic carbocycles. The van der Waals surface area contributed by atoms with Crippen molar-refractivity contribution in [3.63, 3.8) is 0 Å². The summed E-state index contributed by atoms with van der Waals surface area (Å²) in [6.45, 7) is -0.0820. The van der Waals surface area contributed by atoms with E-state index >= 15 is 0 Å². The van der Waals surface area contributed by atoms with E-state index < -0.39 is 60.0 Å². The highest BCUT2D eigenvalue weighted by molar-refractivity contribution is 8.00. The maximum Gasteiger partial charge on any atom is 0.404 e. The molecular formula is C21H20Cl2N6O8S. The molecule has 17 heteroatoms. The summed E-state index contributed by atoms with van der Waals surface area (Å²) >= 11 is 13.2. The largest absolute Gasteiger partial charge is 0.477 e. The average molecular weight is 587 g/mol. The number of hydrogen-bond donors (Lipinski definition) is 5. The Balaban J connectivity index is 1.54. The van der Waals surface area contributed by atoms with Crippen LogP contribution in [0.1, 0.15) is 11.6 Å². The van der Waals surface area contributed by atoms with E-state index in [2.05, 4.69) is 20.7 Å². The minimum Gasteiger partial charge on any atom is -0.477 e. The number of benzene rings is 1. The number of hydrogen-bond acceptors (Lipinski definition) is 8. The molecule has 2 fully saturated rings. The highest BCUT2D eigenvalue weighted by atomic mass is 35.5. The second-order valence-corrected chi connectivity index (χ2v) is 10.1. The molecule has 6 N–H and O–H groups in total. The number of rotatable bonds is 7. The first-order chi connectivity index (χ1) is 18.0. The molecule has 202 valence electrons. The summed E-state index contributed by atoms with van der Waals surface area (Å²) in [5, 5.41) is 16.7. The Kier molecular flexibility index (Phi) is 7.89. The van der Waals surface area contributed by atoms with Crippen molar-refractivity contribution in [3.05, 3.63) is 45.1 Å². The number of nitrogens with one attached hydrogen (secondary N) is 3. The minimum atomic E-state index is -1.42. The van der Waals surface area contributed by atoms with Gasteiger partial charge in [-0.2, -0.15) is 0 Å². The van der Waals surface area contributed by atoms with E-state index in [1.807, 2.05) is 0 Å². The lowest BCUT2D eigenvalue weighted by atomic mass is 10.0. The minimum absolute atomic E-state index is 0.0846. The number of carboxylic acid groups (broad SMARTS) is 1. The predicted molar refractivity (Wildman–Crippen MR) is 133 cm³/mol. The molecule has 0 spiro atoms. The van der Waals surface area contributed by atoms with Crippen molar-refractivity contribution in [2.45, 2.75) is 17.5 Å². The maximum atomic E-state index is 13.4. The average Bonchev–Trinajstić information content (AvgIpc) is 3.31. The van der Waals surface area contributed by atoms with Crippen LogP contribution in [0.5, 0.6) is 0 Å². The Bertz CT molecular complexity index is 1280. The summed E-state index contributed by atoms with van der Waals surface area (Å²) in [5.41, 5.74) is 4.98. The van der Waals surface area contributed by atoms with Crippen molar-refractivity contribution in [1.82, 2.24) is 25.8 Å². The first-order valence-corrected chi connectivity index (χ1v) is 12.7. The number of ether oxygens (including phenoxy) is 1. The summed E-state index contributed by atoms with van der Waals surface area (Å²) in [5.74, 6) is -2.85. The number of urea groups is 2. The van der Waals surface area contributed by atoms with Crippen LogP contribution in [0.25, 0.3) is 0 Å². The van der Waals surface area contributed by atoms with E-state index in [1.165, 1.54) is 18.2 Å². The van der Waals surface area contributed by atoms with E-state index in [1.54, 1.807) is 0 Å². The van der Waals surface area contributed by atoms with Gasteiger partial charge in [-0.15, -0.1) is 11.8 Å². The molecule has 0 bridgehead atoms. The van der Waals surface area contributed by atoms with Gasteiger partial charge in [0.2, 0.25) is 5.91 Å². The van der Waals surface area contributed by atoms with Gasteiger partial charge < -0.3 is 31.5 Å². The Morgan fingerprint density at radius 1 is 1.24 bits per heavy atom. The second kappa shape index (κ2) is 11.0. The number of β-lactam (4-membered cyclic amide) rings is 1. The van der Waals surface area contributed by atoms with E-state index in [4.69, 9.17) is 28.9 Å². The summed E-state index contributed by atoms with van der Waals surface area (Å²) in [7, 11) is 0. The fourth-order valence-electron chi connectivity index (χ4n) is 4.05. The number of imide groups is 1. The third-order valence-electron chi connectivity index (χ3n) is 5.85. The van der Waals surface area contributed by atoms with Crippen LogP contribution < -0.4 is 21.7 Å². The van der Waals surface area contributed by atoms with Gasteiger partial charge in [0.1, 0.15) is 29.8 Å². The van der Waals surface area contributed by atoms with Crippen LogP contribution in [0.15, 0.2) is 29.5 Å². The number of thioether (sulfide) groups is 1. The van der Waals surface area contributed by atoms with Crippen molar-refractivity contribution in [3.8, 4) is 0 Å². The number of amides is 7. The molecule has 2 saturated heterocycles. The first kappa shape index (κ1) is 27.3. The monoisotopic (exact) mass is 586 g/mol. The Labute approximate surface area is 228 Å². The van der Waals surface area contributed by atoms with E-state index in [0.717, 1.165) is 21.6 Å². The van der Waals surface area contributed by atoms with Gasteiger partial charge in [-0.1, -0.05) is 29.3 Å². The number of fused-ring (bicyclic) bond motifs is 1. The lowest BCUT2D eigenvalue weighted by Gasteiger charge is -2.49. The molecule has 3 heterocycles. The molecule has 3 aliphatic heterocycles. The van der Waals surface area contributed by atoms with Gasteiger partial charge in [0.05, 0.1) is 10.0 Å². The molecule has 3 atom stereocenters. The molecule has 3 aliphatic rings. The topological polar surface area (TPSA) is 200 Å². The van der Waals surface area contributed by atoms with Crippen LogP contribution in [0.2, 0.25) is 10.0 Å². The van der Waals surface area contributed by atoms with Crippen molar-refractivity contribution in [1.29, 1.82) is 0 Å². The summed E-state index contributed by atoms with van der Waals surface area (Å²) < 4.78 is 4.69.